The number of halogens is 2. The van der Waals surface area contributed by atoms with Crippen molar-refractivity contribution in [3.8, 4) is 11.5 Å². The van der Waals surface area contributed by atoms with E-state index in [0.29, 0.717) is 33.7 Å². The minimum Gasteiger partial charge on any atom is -0.494 e. The van der Waals surface area contributed by atoms with Crippen LogP contribution in [0.3, 0.4) is 0 Å². The van der Waals surface area contributed by atoms with Gasteiger partial charge in [0.1, 0.15) is 17.0 Å². The Morgan fingerprint density at radius 3 is 2.45 bits per heavy atom. The summed E-state index contributed by atoms with van der Waals surface area (Å²) in [6, 6.07) is 12.9. The number of aromatic nitrogens is 1. The molecule has 0 N–H and O–H groups in total. The third-order valence-corrected chi connectivity index (χ3v) is 6.38. The van der Waals surface area contributed by atoms with Crippen molar-refractivity contribution in [3.63, 3.8) is 0 Å². The molecular formula is C22H27Cl2N3O3S. The van der Waals surface area contributed by atoms with Gasteiger partial charge in [0.2, 0.25) is 0 Å². The molecule has 0 saturated carbocycles. The summed E-state index contributed by atoms with van der Waals surface area (Å²) in [5.74, 6) is 1.14. The fraction of sp³-hybridized carbons (Fsp3) is 0.364. The van der Waals surface area contributed by atoms with Crippen LogP contribution in [-0.4, -0.2) is 55.7 Å². The number of hydrogen-bond donors (Lipinski definition) is 0. The van der Waals surface area contributed by atoms with E-state index in [1.807, 2.05) is 30.3 Å². The van der Waals surface area contributed by atoms with Crippen LogP contribution in [0.25, 0.3) is 10.2 Å². The number of anilines is 1. The van der Waals surface area contributed by atoms with E-state index in [1.165, 1.54) is 11.3 Å². The molecule has 31 heavy (non-hydrogen) atoms. The van der Waals surface area contributed by atoms with Crippen LogP contribution in [0.5, 0.6) is 11.5 Å². The maximum absolute atomic E-state index is 13.1. The van der Waals surface area contributed by atoms with Gasteiger partial charge in [-0.25, -0.2) is 4.98 Å². The Kier molecular flexibility index (Phi) is 9.84. The Balaban J connectivity index is 0.00000341. The monoisotopic (exact) mass is 483 g/mol. The molecule has 0 unspecified atom stereocenters. The van der Waals surface area contributed by atoms with Gasteiger partial charge in [0, 0.05) is 13.1 Å². The maximum Gasteiger partial charge on any atom is 0.266 e. The minimum absolute atomic E-state index is 0. The lowest BCUT2D eigenvalue weighted by Gasteiger charge is -2.24. The number of carbonyl (C=O) groups excluding carboxylic acids is 1. The minimum atomic E-state index is -0.153. The third-order valence-electron chi connectivity index (χ3n) is 4.84. The lowest BCUT2D eigenvalue weighted by Crippen LogP contribution is -2.41. The summed E-state index contributed by atoms with van der Waals surface area (Å²) in [4.78, 5) is 21.7. The second kappa shape index (κ2) is 12.1. The van der Waals surface area contributed by atoms with Crippen molar-refractivity contribution in [2.45, 2.75) is 13.8 Å². The molecule has 0 aliphatic carbocycles. The van der Waals surface area contributed by atoms with E-state index in [4.69, 9.17) is 26.1 Å². The van der Waals surface area contributed by atoms with Gasteiger partial charge in [0.05, 0.1) is 16.8 Å². The zero-order chi connectivity index (χ0) is 21.5. The van der Waals surface area contributed by atoms with Crippen LogP contribution in [0.15, 0.2) is 42.5 Å². The second-order valence-corrected chi connectivity index (χ2v) is 7.98. The smallest absolute Gasteiger partial charge is 0.266 e. The molecule has 168 valence electrons. The van der Waals surface area contributed by atoms with Gasteiger partial charge in [-0.05, 0) is 37.4 Å². The van der Waals surface area contributed by atoms with Gasteiger partial charge in [-0.1, -0.05) is 55.0 Å². The number of hydrogen-bond acceptors (Lipinski definition) is 6. The first-order valence-electron chi connectivity index (χ1n) is 9.90. The van der Waals surface area contributed by atoms with E-state index in [9.17, 15) is 4.79 Å². The first-order valence-corrected chi connectivity index (χ1v) is 11.1. The van der Waals surface area contributed by atoms with Crippen molar-refractivity contribution < 1.29 is 14.3 Å². The molecule has 0 atom stereocenters. The van der Waals surface area contributed by atoms with E-state index in [2.05, 4.69) is 18.7 Å². The molecule has 0 aliphatic rings. The normalized spacial score (nSPS) is 10.7. The fourth-order valence-corrected chi connectivity index (χ4v) is 4.37. The van der Waals surface area contributed by atoms with Crippen LogP contribution in [0.4, 0.5) is 5.13 Å². The quantitative estimate of drug-likeness (QED) is 0.399. The predicted molar refractivity (Wildman–Crippen MR) is 131 cm³/mol. The van der Waals surface area contributed by atoms with Crippen LogP contribution in [0, 0.1) is 0 Å². The number of para-hydroxylation sites is 1. The molecular weight excluding hydrogens is 457 g/mol. The summed E-state index contributed by atoms with van der Waals surface area (Å²) in [5.41, 5.74) is 0.662. The van der Waals surface area contributed by atoms with Gasteiger partial charge in [0.25, 0.3) is 5.91 Å². The summed E-state index contributed by atoms with van der Waals surface area (Å²) in [6.07, 6.45) is 0. The first kappa shape index (κ1) is 25.2. The van der Waals surface area contributed by atoms with Gasteiger partial charge in [-0.2, -0.15) is 0 Å². The highest BCUT2D eigenvalue weighted by atomic mass is 35.5. The van der Waals surface area contributed by atoms with Crippen molar-refractivity contribution in [1.82, 2.24) is 9.88 Å². The average Bonchev–Trinajstić information content (AvgIpc) is 3.22. The van der Waals surface area contributed by atoms with Crippen molar-refractivity contribution >= 4 is 56.6 Å². The van der Waals surface area contributed by atoms with Crippen molar-refractivity contribution in [2.24, 2.45) is 0 Å². The van der Waals surface area contributed by atoms with E-state index in [0.717, 1.165) is 24.3 Å². The first-order chi connectivity index (χ1) is 14.6. The summed E-state index contributed by atoms with van der Waals surface area (Å²) in [6.45, 7) is 7.23. The van der Waals surface area contributed by atoms with Crippen LogP contribution in [0.2, 0.25) is 5.02 Å². The molecule has 1 aromatic heterocycles. The third kappa shape index (κ3) is 6.23. The van der Waals surface area contributed by atoms with Crippen molar-refractivity contribution in [1.29, 1.82) is 0 Å². The van der Waals surface area contributed by atoms with Crippen LogP contribution >= 0.6 is 35.3 Å². The van der Waals surface area contributed by atoms with Crippen molar-refractivity contribution in [3.05, 3.63) is 47.5 Å². The number of nitrogens with zero attached hydrogens (tertiary/aromatic N) is 3. The fourth-order valence-electron chi connectivity index (χ4n) is 3.07. The lowest BCUT2D eigenvalue weighted by atomic mass is 10.3. The number of fused-ring (bicyclic) bond motifs is 1. The summed E-state index contributed by atoms with van der Waals surface area (Å²) < 4.78 is 11.9. The second-order valence-electron chi connectivity index (χ2n) is 6.60. The molecule has 0 bridgehead atoms. The van der Waals surface area contributed by atoms with Crippen LogP contribution < -0.4 is 14.4 Å². The molecule has 0 fully saturated rings. The highest BCUT2D eigenvalue weighted by Crippen LogP contribution is 2.38. The zero-order valence-corrected chi connectivity index (χ0v) is 20.2. The Bertz CT molecular complexity index is 981. The SMILES string of the molecule is CCN(CC)CCN(C(=O)COc1ccccc1)c1nc2c(OC)ccc(Cl)c2s1.Cl. The molecule has 0 saturated heterocycles. The van der Waals surface area contributed by atoms with E-state index < -0.39 is 0 Å². The summed E-state index contributed by atoms with van der Waals surface area (Å²) >= 11 is 7.76. The number of carbonyl (C=O) groups is 1. The van der Waals surface area contributed by atoms with Gasteiger partial charge in [-0.15, -0.1) is 12.4 Å². The Hall–Kier alpha value is -2.06. The number of rotatable bonds is 10. The Morgan fingerprint density at radius 1 is 1.10 bits per heavy atom. The molecule has 9 heteroatoms. The van der Waals surface area contributed by atoms with E-state index in [1.54, 1.807) is 24.1 Å². The average molecular weight is 484 g/mol. The van der Waals surface area contributed by atoms with Crippen LogP contribution in [-0.2, 0) is 4.79 Å². The van der Waals surface area contributed by atoms with E-state index >= 15 is 0 Å². The highest BCUT2D eigenvalue weighted by molar-refractivity contribution is 7.23. The van der Waals surface area contributed by atoms with Gasteiger partial charge < -0.3 is 14.4 Å². The molecule has 3 rings (SSSR count). The zero-order valence-electron chi connectivity index (χ0n) is 17.8. The largest absolute Gasteiger partial charge is 0.494 e. The number of benzene rings is 2. The topological polar surface area (TPSA) is 54.9 Å². The molecule has 6 nitrogen and oxygen atoms in total. The van der Waals surface area contributed by atoms with Crippen molar-refractivity contribution in [2.75, 3.05) is 44.8 Å². The standard InChI is InChI=1S/C22H26ClN3O3S.ClH/c1-4-25(5-2)13-14-26(19(27)15-29-16-9-7-6-8-10-16)22-24-20-18(28-3)12-11-17(23)21(20)30-22;/h6-12H,4-5,13-15H2,1-3H3;1H. The van der Waals surface area contributed by atoms with Gasteiger partial charge in [-0.3, -0.25) is 9.69 Å². The predicted octanol–water partition coefficient (Wildman–Crippen LogP) is 5.13. The molecule has 0 spiro atoms. The summed E-state index contributed by atoms with van der Waals surface area (Å²) in [5, 5.41) is 1.18. The van der Waals surface area contributed by atoms with Crippen LogP contribution in [0.1, 0.15) is 13.8 Å². The molecule has 0 aliphatic heterocycles. The number of methoxy groups -OCH3 is 1. The van der Waals surface area contributed by atoms with E-state index in [-0.39, 0.29) is 24.9 Å². The number of likely N-dealkylation sites (N-methyl/N-ethyl adjacent to an activating group) is 1. The maximum atomic E-state index is 13.1. The molecule has 3 aromatic rings. The van der Waals surface area contributed by atoms with Gasteiger partial charge in [0.15, 0.2) is 11.7 Å². The molecule has 1 amide bonds. The number of amides is 1. The molecule has 2 aromatic carbocycles. The Labute approximate surface area is 198 Å². The highest BCUT2D eigenvalue weighted by Gasteiger charge is 2.23. The molecule has 1 heterocycles. The number of thiazole rings is 1. The Morgan fingerprint density at radius 2 is 1.81 bits per heavy atom. The molecule has 0 radical (unpaired) electrons. The lowest BCUT2D eigenvalue weighted by molar-refractivity contribution is -0.120. The summed E-state index contributed by atoms with van der Waals surface area (Å²) in [7, 11) is 1.60. The number of ether oxygens (including phenoxy) is 2. The van der Waals surface area contributed by atoms with Gasteiger partial charge >= 0.3 is 0 Å².